The second-order valence-corrected chi connectivity index (χ2v) is 6.36. The van der Waals surface area contributed by atoms with Crippen LogP contribution in [0.4, 0.5) is 10.5 Å². The molecular weight excluding hydrogens is 286 g/mol. The van der Waals surface area contributed by atoms with Gasteiger partial charge in [-0.3, -0.25) is 4.98 Å². The van der Waals surface area contributed by atoms with E-state index in [-0.39, 0.29) is 29.3 Å². The molecule has 0 aliphatic carbocycles. The molecule has 0 radical (unpaired) electrons. The van der Waals surface area contributed by atoms with Crippen LogP contribution in [-0.2, 0) is 9.84 Å². The highest BCUT2D eigenvalue weighted by Crippen LogP contribution is 2.07. The molecule has 0 aliphatic rings. The SMILES string of the molecule is CCS(=O)(=O)CCNC(=O)Nc1cncc(C(=O)O)c1. The van der Waals surface area contributed by atoms with Gasteiger partial charge >= 0.3 is 12.0 Å². The van der Waals surface area contributed by atoms with E-state index in [1.165, 1.54) is 19.2 Å². The van der Waals surface area contributed by atoms with E-state index in [4.69, 9.17) is 5.11 Å². The average Bonchev–Trinajstić information content (AvgIpc) is 2.38. The molecule has 0 spiro atoms. The monoisotopic (exact) mass is 301 g/mol. The quantitative estimate of drug-likeness (QED) is 0.695. The van der Waals surface area contributed by atoms with Gasteiger partial charge < -0.3 is 15.7 Å². The number of anilines is 1. The summed E-state index contributed by atoms with van der Waals surface area (Å²) >= 11 is 0. The van der Waals surface area contributed by atoms with Gasteiger partial charge in [0.1, 0.15) is 0 Å². The van der Waals surface area contributed by atoms with Gasteiger partial charge in [0.05, 0.1) is 23.2 Å². The number of sulfone groups is 1. The topological polar surface area (TPSA) is 125 Å². The smallest absolute Gasteiger partial charge is 0.337 e. The van der Waals surface area contributed by atoms with E-state index in [9.17, 15) is 18.0 Å². The van der Waals surface area contributed by atoms with Crippen molar-refractivity contribution in [3.8, 4) is 0 Å². The zero-order valence-electron chi connectivity index (χ0n) is 10.8. The lowest BCUT2D eigenvalue weighted by atomic mass is 10.3. The molecule has 0 saturated carbocycles. The van der Waals surface area contributed by atoms with Crippen LogP contribution in [0.3, 0.4) is 0 Å². The third kappa shape index (κ3) is 5.22. The predicted molar refractivity (Wildman–Crippen MR) is 72.5 cm³/mol. The Kier molecular flexibility index (Phi) is 5.44. The summed E-state index contributed by atoms with van der Waals surface area (Å²) in [6, 6.07) is 0.623. The predicted octanol–water partition coefficient (Wildman–Crippen LogP) is 0.336. The van der Waals surface area contributed by atoms with Crippen molar-refractivity contribution in [3.63, 3.8) is 0 Å². The molecule has 0 bridgehead atoms. The minimum atomic E-state index is -3.14. The fourth-order valence-corrected chi connectivity index (χ4v) is 1.97. The highest BCUT2D eigenvalue weighted by Gasteiger charge is 2.09. The molecule has 0 unspecified atom stereocenters. The lowest BCUT2D eigenvalue weighted by molar-refractivity contribution is 0.0696. The van der Waals surface area contributed by atoms with Crippen molar-refractivity contribution in [2.45, 2.75) is 6.92 Å². The number of hydrogen-bond donors (Lipinski definition) is 3. The highest BCUT2D eigenvalue weighted by molar-refractivity contribution is 7.91. The average molecular weight is 301 g/mol. The fraction of sp³-hybridized carbons (Fsp3) is 0.364. The van der Waals surface area contributed by atoms with Gasteiger partial charge in [-0.1, -0.05) is 6.92 Å². The zero-order chi connectivity index (χ0) is 15.2. The van der Waals surface area contributed by atoms with Crippen molar-refractivity contribution in [1.29, 1.82) is 0 Å². The van der Waals surface area contributed by atoms with E-state index in [1.54, 1.807) is 0 Å². The maximum Gasteiger partial charge on any atom is 0.337 e. The summed E-state index contributed by atoms with van der Waals surface area (Å²) in [6.07, 6.45) is 2.44. The maximum atomic E-state index is 11.5. The summed E-state index contributed by atoms with van der Waals surface area (Å²) in [4.78, 5) is 25.9. The first-order valence-corrected chi connectivity index (χ1v) is 7.60. The van der Waals surface area contributed by atoms with Crippen LogP contribution in [0, 0.1) is 0 Å². The van der Waals surface area contributed by atoms with E-state index < -0.39 is 21.8 Å². The van der Waals surface area contributed by atoms with Crippen LogP contribution in [0.2, 0.25) is 0 Å². The van der Waals surface area contributed by atoms with Crippen LogP contribution in [0.25, 0.3) is 0 Å². The first-order valence-electron chi connectivity index (χ1n) is 5.77. The Hall–Kier alpha value is -2.16. The Morgan fingerprint density at radius 2 is 2.05 bits per heavy atom. The zero-order valence-corrected chi connectivity index (χ0v) is 11.6. The minimum absolute atomic E-state index is 0.0148. The molecule has 110 valence electrons. The number of aromatic nitrogens is 1. The molecular formula is C11H15N3O5S. The van der Waals surface area contributed by atoms with E-state index in [2.05, 4.69) is 15.6 Å². The molecule has 1 aromatic rings. The molecule has 0 aromatic carbocycles. The molecule has 2 amide bonds. The van der Waals surface area contributed by atoms with Gasteiger partial charge in [-0.05, 0) is 6.07 Å². The van der Waals surface area contributed by atoms with E-state index in [0.29, 0.717) is 0 Å². The molecule has 0 saturated heterocycles. The highest BCUT2D eigenvalue weighted by atomic mass is 32.2. The number of hydrogen-bond acceptors (Lipinski definition) is 5. The van der Waals surface area contributed by atoms with E-state index in [0.717, 1.165) is 6.20 Å². The van der Waals surface area contributed by atoms with Gasteiger partial charge in [-0.25, -0.2) is 18.0 Å². The first-order chi connectivity index (χ1) is 9.34. The molecule has 0 aliphatic heterocycles. The standard InChI is InChI=1S/C11H15N3O5S/c1-2-20(18,19)4-3-13-11(17)14-9-5-8(10(15)16)6-12-7-9/h5-7H,2-4H2,1H3,(H,15,16)(H2,13,14,17). The molecule has 3 N–H and O–H groups in total. The Morgan fingerprint density at radius 3 is 2.65 bits per heavy atom. The second-order valence-electron chi connectivity index (χ2n) is 3.88. The number of urea groups is 1. The Bertz CT molecular complexity index is 600. The van der Waals surface area contributed by atoms with Gasteiger partial charge in [0.15, 0.2) is 9.84 Å². The number of amides is 2. The number of nitrogens with one attached hydrogen (secondary N) is 2. The van der Waals surface area contributed by atoms with Gasteiger partial charge in [-0.15, -0.1) is 0 Å². The normalized spacial score (nSPS) is 10.8. The van der Waals surface area contributed by atoms with Crippen LogP contribution in [0.5, 0.6) is 0 Å². The Labute approximate surface area is 116 Å². The van der Waals surface area contributed by atoms with E-state index >= 15 is 0 Å². The second kappa shape index (κ2) is 6.85. The van der Waals surface area contributed by atoms with E-state index in [1.807, 2.05) is 0 Å². The summed E-state index contributed by atoms with van der Waals surface area (Å²) in [5.74, 6) is -1.29. The molecule has 1 aromatic heterocycles. The van der Waals surface area contributed by atoms with Crippen LogP contribution in [0.1, 0.15) is 17.3 Å². The van der Waals surface area contributed by atoms with Crippen molar-refractivity contribution in [1.82, 2.24) is 10.3 Å². The number of carbonyl (C=O) groups excluding carboxylic acids is 1. The number of aromatic carboxylic acids is 1. The van der Waals surface area contributed by atoms with Crippen molar-refractivity contribution < 1.29 is 23.1 Å². The molecule has 8 nitrogen and oxygen atoms in total. The van der Waals surface area contributed by atoms with Crippen molar-refractivity contribution in [2.24, 2.45) is 0 Å². The lowest BCUT2D eigenvalue weighted by Crippen LogP contribution is -2.33. The van der Waals surface area contributed by atoms with Crippen molar-refractivity contribution in [2.75, 3.05) is 23.4 Å². The van der Waals surface area contributed by atoms with Crippen LogP contribution >= 0.6 is 0 Å². The molecule has 0 atom stereocenters. The summed E-state index contributed by atoms with van der Waals surface area (Å²) < 4.78 is 22.4. The summed E-state index contributed by atoms with van der Waals surface area (Å²) in [5.41, 5.74) is 0.150. The number of rotatable bonds is 6. The number of carboxylic acid groups (broad SMARTS) is 1. The number of pyridine rings is 1. The molecule has 20 heavy (non-hydrogen) atoms. The van der Waals surface area contributed by atoms with Crippen LogP contribution < -0.4 is 10.6 Å². The van der Waals surface area contributed by atoms with Crippen LogP contribution in [0.15, 0.2) is 18.5 Å². The van der Waals surface area contributed by atoms with Crippen molar-refractivity contribution >= 4 is 27.5 Å². The molecule has 9 heteroatoms. The largest absolute Gasteiger partial charge is 0.478 e. The third-order valence-electron chi connectivity index (χ3n) is 2.38. The fourth-order valence-electron chi connectivity index (χ4n) is 1.26. The summed E-state index contributed by atoms with van der Waals surface area (Å²) in [7, 11) is -3.14. The third-order valence-corrected chi connectivity index (χ3v) is 4.09. The summed E-state index contributed by atoms with van der Waals surface area (Å²) in [5, 5.41) is 13.5. The van der Waals surface area contributed by atoms with Gasteiger partial charge in [-0.2, -0.15) is 0 Å². The van der Waals surface area contributed by atoms with Crippen molar-refractivity contribution in [3.05, 3.63) is 24.0 Å². The molecule has 1 heterocycles. The Morgan fingerprint density at radius 1 is 1.35 bits per heavy atom. The van der Waals surface area contributed by atoms with Gasteiger partial charge in [0.25, 0.3) is 0 Å². The van der Waals surface area contributed by atoms with Gasteiger partial charge in [0.2, 0.25) is 0 Å². The number of nitrogens with zero attached hydrogens (tertiary/aromatic N) is 1. The Balaban J connectivity index is 2.51. The maximum absolute atomic E-state index is 11.5. The molecule has 0 fully saturated rings. The van der Waals surface area contributed by atoms with Crippen LogP contribution in [-0.4, -0.2) is 48.6 Å². The first kappa shape index (κ1) is 15.9. The number of carbonyl (C=O) groups is 2. The minimum Gasteiger partial charge on any atom is -0.478 e. The number of carboxylic acids is 1. The lowest BCUT2D eigenvalue weighted by Gasteiger charge is -2.07. The molecule has 1 rings (SSSR count). The summed E-state index contributed by atoms with van der Waals surface area (Å²) in [6.45, 7) is 1.51. The van der Waals surface area contributed by atoms with Gasteiger partial charge in [0, 0.05) is 18.5 Å².